The van der Waals surface area contributed by atoms with Crippen LogP contribution < -0.4 is 0 Å². The van der Waals surface area contributed by atoms with Gasteiger partial charge in [-0.3, -0.25) is 0 Å². The van der Waals surface area contributed by atoms with Crippen LogP contribution in [0.25, 0.3) is 0 Å². The van der Waals surface area contributed by atoms with Crippen molar-refractivity contribution in [1.82, 2.24) is 0 Å². The van der Waals surface area contributed by atoms with Gasteiger partial charge in [-0.1, -0.05) is 22.9 Å². The molecule has 1 atom stereocenters. The zero-order valence-electron chi connectivity index (χ0n) is 7.66. The summed E-state index contributed by atoms with van der Waals surface area (Å²) in [5.41, 5.74) is 0.776. The number of hydrogen-bond donors (Lipinski definition) is 0. The fourth-order valence-corrected chi connectivity index (χ4v) is 1.75. The van der Waals surface area contributed by atoms with E-state index < -0.39 is 9.73 Å². The Morgan fingerprint density at radius 2 is 1.92 bits per heavy atom. The van der Waals surface area contributed by atoms with Gasteiger partial charge in [-0.2, -0.15) is 4.36 Å². The molecule has 4 heteroatoms. The summed E-state index contributed by atoms with van der Waals surface area (Å²) in [6, 6.07) is 7.49. The van der Waals surface area contributed by atoms with E-state index in [1.807, 2.05) is 31.2 Å². The average Bonchev–Trinajstić information content (AvgIpc) is 2.09. The molecule has 0 aromatic heterocycles. The molecule has 0 N–H and O–H groups in total. The molecule has 0 heterocycles. The van der Waals surface area contributed by atoms with Crippen LogP contribution in [0.5, 0.6) is 0 Å². The molecule has 72 valence electrons. The van der Waals surface area contributed by atoms with E-state index in [2.05, 4.69) is 20.3 Å². The normalized spacial score (nSPS) is 15.0. The van der Waals surface area contributed by atoms with Crippen molar-refractivity contribution in [2.45, 2.75) is 6.92 Å². The van der Waals surface area contributed by atoms with Gasteiger partial charge in [-0.05, 0) is 24.3 Å². The molecule has 0 spiro atoms. The standard InChI is InChI=1S/C9H12BrNOS/c1-3-13(2,12)11-9-6-4-8(10)5-7-9/h4-7H,3H2,1-2H3/t13-/m0/s1. The van der Waals surface area contributed by atoms with Crippen LogP contribution in [0.15, 0.2) is 33.1 Å². The SMILES string of the molecule is CC[S@](C)(=O)=Nc1ccc(Br)cc1. The third-order valence-electron chi connectivity index (χ3n) is 1.66. The predicted octanol–water partition coefficient (Wildman–Crippen LogP) is 3.20. The molecule has 0 radical (unpaired) electrons. The maximum absolute atomic E-state index is 11.6. The lowest BCUT2D eigenvalue weighted by Gasteiger charge is -1.99. The number of halogens is 1. The largest absolute Gasteiger partial charge is 0.250 e. The van der Waals surface area contributed by atoms with Crippen LogP contribution in [0.1, 0.15) is 6.92 Å². The number of nitrogens with zero attached hydrogens (tertiary/aromatic N) is 1. The third kappa shape index (κ3) is 3.48. The third-order valence-corrected chi connectivity index (χ3v) is 3.86. The van der Waals surface area contributed by atoms with Crippen LogP contribution in [0.4, 0.5) is 5.69 Å². The summed E-state index contributed by atoms with van der Waals surface area (Å²) in [5, 5.41) is 0. The summed E-state index contributed by atoms with van der Waals surface area (Å²) in [6.45, 7) is 1.88. The first-order chi connectivity index (χ1) is 6.03. The van der Waals surface area contributed by atoms with Crippen LogP contribution in [0.2, 0.25) is 0 Å². The van der Waals surface area contributed by atoms with Crippen molar-refractivity contribution < 1.29 is 4.21 Å². The second-order valence-electron chi connectivity index (χ2n) is 2.82. The van der Waals surface area contributed by atoms with Crippen molar-refractivity contribution in [3.05, 3.63) is 28.7 Å². The molecule has 0 aliphatic rings. The van der Waals surface area contributed by atoms with Crippen molar-refractivity contribution in [3.8, 4) is 0 Å². The molecule has 0 aliphatic heterocycles. The Morgan fingerprint density at radius 3 is 2.38 bits per heavy atom. The molecule has 0 fully saturated rings. The van der Waals surface area contributed by atoms with Crippen LogP contribution in [-0.2, 0) is 9.73 Å². The maximum Gasteiger partial charge on any atom is 0.0730 e. The van der Waals surface area contributed by atoms with Gasteiger partial charge < -0.3 is 0 Å². The molecule has 1 aromatic carbocycles. The van der Waals surface area contributed by atoms with E-state index >= 15 is 0 Å². The molecule has 0 unspecified atom stereocenters. The van der Waals surface area contributed by atoms with E-state index in [0.29, 0.717) is 5.75 Å². The summed E-state index contributed by atoms with van der Waals surface area (Å²) < 4.78 is 16.8. The molecule has 1 rings (SSSR count). The molecule has 0 aliphatic carbocycles. The lowest BCUT2D eigenvalue weighted by molar-refractivity contribution is 0.681. The molecular formula is C9H12BrNOS. The van der Waals surface area contributed by atoms with E-state index in [9.17, 15) is 4.21 Å². The quantitative estimate of drug-likeness (QED) is 0.804. The highest BCUT2D eigenvalue weighted by Gasteiger charge is 1.97. The highest BCUT2D eigenvalue weighted by atomic mass is 79.9. The monoisotopic (exact) mass is 261 g/mol. The van der Waals surface area contributed by atoms with Gasteiger partial charge in [0.15, 0.2) is 0 Å². The molecule has 0 saturated carbocycles. The van der Waals surface area contributed by atoms with Gasteiger partial charge >= 0.3 is 0 Å². The highest BCUT2D eigenvalue weighted by Crippen LogP contribution is 2.18. The van der Waals surface area contributed by atoms with Gasteiger partial charge in [0.2, 0.25) is 0 Å². The molecule has 1 aromatic rings. The molecule has 0 bridgehead atoms. The van der Waals surface area contributed by atoms with Crippen LogP contribution >= 0.6 is 15.9 Å². The van der Waals surface area contributed by atoms with Gasteiger partial charge in [0, 0.05) is 26.2 Å². The predicted molar refractivity (Wildman–Crippen MR) is 60.8 cm³/mol. The maximum atomic E-state index is 11.6. The molecule has 13 heavy (non-hydrogen) atoms. The fourth-order valence-electron chi connectivity index (χ4n) is 0.789. The molecular weight excluding hydrogens is 250 g/mol. The second-order valence-corrected chi connectivity index (χ2v) is 6.41. The minimum atomic E-state index is -2.03. The Hall–Kier alpha value is -0.350. The summed E-state index contributed by atoms with van der Waals surface area (Å²) >= 11 is 3.33. The first-order valence-electron chi connectivity index (χ1n) is 3.99. The number of rotatable bonds is 2. The first kappa shape index (κ1) is 10.7. The smallest absolute Gasteiger partial charge is 0.0730 e. The van der Waals surface area contributed by atoms with Crippen molar-refractivity contribution >= 4 is 31.3 Å². The van der Waals surface area contributed by atoms with Gasteiger partial charge in [0.1, 0.15) is 0 Å². The minimum absolute atomic E-state index is 0.586. The molecule has 0 saturated heterocycles. The summed E-state index contributed by atoms with van der Waals surface area (Å²) in [6.07, 6.45) is 1.68. The van der Waals surface area contributed by atoms with Gasteiger partial charge in [-0.15, -0.1) is 0 Å². The Morgan fingerprint density at radius 1 is 1.38 bits per heavy atom. The lowest BCUT2D eigenvalue weighted by atomic mass is 10.3. The van der Waals surface area contributed by atoms with Gasteiger partial charge in [0.25, 0.3) is 0 Å². The van der Waals surface area contributed by atoms with Crippen LogP contribution in [-0.4, -0.2) is 16.2 Å². The van der Waals surface area contributed by atoms with Crippen molar-refractivity contribution in [2.24, 2.45) is 4.36 Å². The fraction of sp³-hybridized carbons (Fsp3) is 0.333. The topological polar surface area (TPSA) is 29.4 Å². The van der Waals surface area contributed by atoms with E-state index in [1.54, 1.807) is 6.26 Å². The molecule has 2 nitrogen and oxygen atoms in total. The van der Waals surface area contributed by atoms with Gasteiger partial charge in [0.05, 0.1) is 5.69 Å². The van der Waals surface area contributed by atoms with E-state index in [4.69, 9.17) is 0 Å². The summed E-state index contributed by atoms with van der Waals surface area (Å²) in [4.78, 5) is 0. The highest BCUT2D eigenvalue weighted by molar-refractivity contribution is 9.10. The van der Waals surface area contributed by atoms with Gasteiger partial charge in [-0.25, -0.2) is 4.21 Å². The van der Waals surface area contributed by atoms with Crippen molar-refractivity contribution in [3.63, 3.8) is 0 Å². The first-order valence-corrected chi connectivity index (χ1v) is 6.87. The minimum Gasteiger partial charge on any atom is -0.250 e. The van der Waals surface area contributed by atoms with Crippen LogP contribution in [0.3, 0.4) is 0 Å². The Bertz CT molecular complexity index is 391. The number of benzene rings is 1. The average molecular weight is 262 g/mol. The zero-order valence-corrected chi connectivity index (χ0v) is 10.1. The van der Waals surface area contributed by atoms with Crippen molar-refractivity contribution in [1.29, 1.82) is 0 Å². The summed E-state index contributed by atoms with van der Waals surface area (Å²) in [5.74, 6) is 0.586. The Labute approximate surface area is 87.7 Å². The zero-order chi connectivity index (χ0) is 9.90. The Balaban J connectivity index is 3.06. The van der Waals surface area contributed by atoms with E-state index in [1.165, 1.54) is 0 Å². The van der Waals surface area contributed by atoms with E-state index in [0.717, 1.165) is 10.2 Å². The van der Waals surface area contributed by atoms with Crippen molar-refractivity contribution in [2.75, 3.05) is 12.0 Å². The second kappa shape index (κ2) is 4.24. The molecule has 0 amide bonds. The summed E-state index contributed by atoms with van der Waals surface area (Å²) in [7, 11) is -2.03. The van der Waals surface area contributed by atoms with E-state index in [-0.39, 0.29) is 0 Å². The Kier molecular flexibility index (Phi) is 3.50. The number of hydrogen-bond acceptors (Lipinski definition) is 2. The van der Waals surface area contributed by atoms with Crippen LogP contribution in [0, 0.1) is 0 Å². The lowest BCUT2D eigenvalue weighted by Crippen LogP contribution is -1.97.